The van der Waals surface area contributed by atoms with E-state index in [9.17, 15) is 4.79 Å². The molecular weight excluding hydrogens is 276 g/mol. The van der Waals surface area contributed by atoms with Crippen LogP contribution in [0.15, 0.2) is 30.3 Å². The Morgan fingerprint density at radius 2 is 2.05 bits per heavy atom. The van der Waals surface area contributed by atoms with Crippen molar-refractivity contribution in [2.75, 3.05) is 5.32 Å². The molecule has 1 heterocycles. The van der Waals surface area contributed by atoms with Crippen LogP contribution < -0.4 is 10.6 Å². The van der Waals surface area contributed by atoms with Crippen molar-refractivity contribution < 1.29 is 4.79 Å². The molecule has 0 aliphatic rings. The lowest BCUT2D eigenvalue weighted by atomic mass is 10.2. The van der Waals surface area contributed by atoms with E-state index >= 15 is 0 Å². The van der Waals surface area contributed by atoms with Crippen LogP contribution in [-0.4, -0.2) is 22.0 Å². The average molecular weight is 290 g/mol. The van der Waals surface area contributed by atoms with E-state index in [1.807, 2.05) is 19.1 Å². The number of carbonyl (C=O) groups excluding carboxylic acids is 1. The number of halogens is 1. The number of carbonyl (C=O) groups is 1. The number of hydrogen-bond acceptors (Lipinski definition) is 4. The van der Waals surface area contributed by atoms with Crippen LogP contribution in [0.1, 0.15) is 13.8 Å². The van der Waals surface area contributed by atoms with Crippen LogP contribution in [0.4, 0.5) is 5.82 Å². The monoisotopic (exact) mass is 289 g/mol. The Hall–Kier alpha value is -2.14. The fourth-order valence-corrected chi connectivity index (χ4v) is 1.82. The number of aromatic nitrogens is 2. The fourth-order valence-electron chi connectivity index (χ4n) is 1.69. The third-order valence-corrected chi connectivity index (χ3v) is 2.74. The molecule has 1 aromatic carbocycles. The zero-order valence-corrected chi connectivity index (χ0v) is 11.9. The first-order valence-electron chi connectivity index (χ1n) is 6.09. The van der Waals surface area contributed by atoms with Gasteiger partial charge in [0.25, 0.3) is 0 Å². The molecule has 0 saturated carbocycles. The van der Waals surface area contributed by atoms with Crippen molar-refractivity contribution in [1.29, 1.82) is 0 Å². The van der Waals surface area contributed by atoms with Gasteiger partial charge in [-0.05, 0) is 31.2 Å². The molecule has 20 heavy (non-hydrogen) atoms. The maximum Gasteiger partial charge on any atom is 0.218 e. The molecule has 0 aliphatic carbocycles. The van der Waals surface area contributed by atoms with Gasteiger partial charge in [0.15, 0.2) is 5.82 Å². The Labute approximate surface area is 122 Å². The lowest BCUT2D eigenvalue weighted by Gasteiger charge is -2.15. The summed E-state index contributed by atoms with van der Waals surface area (Å²) in [4.78, 5) is 19.4. The summed E-state index contributed by atoms with van der Waals surface area (Å²) in [7, 11) is 0. The second-order valence-corrected chi connectivity index (χ2v) is 4.72. The maximum absolute atomic E-state index is 11.0. The molecular formula is C14H14ClN4O. The zero-order valence-electron chi connectivity index (χ0n) is 11.1. The van der Waals surface area contributed by atoms with Crippen LogP contribution in [0.2, 0.25) is 5.02 Å². The Morgan fingerprint density at radius 1 is 1.35 bits per heavy atom. The third-order valence-electron chi connectivity index (χ3n) is 2.48. The summed E-state index contributed by atoms with van der Waals surface area (Å²) >= 11 is 5.85. The molecule has 1 radical (unpaired) electrons. The summed E-state index contributed by atoms with van der Waals surface area (Å²) in [6.07, 6.45) is 2.55. The molecule has 2 N–H and O–H groups in total. The lowest BCUT2D eigenvalue weighted by Crippen LogP contribution is -2.36. The fraction of sp³-hybridized carbons (Fsp3) is 0.214. The summed E-state index contributed by atoms with van der Waals surface area (Å²) in [5.41, 5.74) is 0.849. The van der Waals surface area contributed by atoms with Gasteiger partial charge in [0, 0.05) is 23.6 Å². The number of nitrogens with zero attached hydrogens (tertiary/aromatic N) is 2. The normalized spacial score (nSPS) is 11.8. The van der Waals surface area contributed by atoms with Crippen molar-refractivity contribution in [1.82, 2.24) is 15.3 Å². The van der Waals surface area contributed by atoms with Crippen LogP contribution in [0.3, 0.4) is 0 Å². The van der Waals surface area contributed by atoms with Crippen molar-refractivity contribution in [2.45, 2.75) is 20.0 Å². The van der Waals surface area contributed by atoms with Crippen molar-refractivity contribution in [3.63, 3.8) is 0 Å². The van der Waals surface area contributed by atoms with Gasteiger partial charge in [-0.1, -0.05) is 11.6 Å². The van der Waals surface area contributed by atoms with Crippen LogP contribution in [0, 0.1) is 6.20 Å². The highest BCUT2D eigenvalue weighted by atomic mass is 35.5. The summed E-state index contributed by atoms with van der Waals surface area (Å²) in [6, 6.07) is 8.86. The molecule has 2 aromatic rings. The number of hydrogen-bond donors (Lipinski definition) is 2. The van der Waals surface area contributed by atoms with E-state index in [1.54, 1.807) is 18.2 Å². The van der Waals surface area contributed by atoms with Gasteiger partial charge in [0.2, 0.25) is 5.91 Å². The van der Waals surface area contributed by atoms with Gasteiger partial charge in [0.1, 0.15) is 5.82 Å². The number of anilines is 1. The summed E-state index contributed by atoms with van der Waals surface area (Å²) in [5, 5.41) is 6.43. The van der Waals surface area contributed by atoms with Gasteiger partial charge >= 0.3 is 0 Å². The van der Waals surface area contributed by atoms with Gasteiger partial charge < -0.3 is 10.6 Å². The van der Waals surface area contributed by atoms with Gasteiger partial charge in [-0.2, -0.15) is 0 Å². The van der Waals surface area contributed by atoms with Crippen LogP contribution in [0.25, 0.3) is 11.4 Å². The topological polar surface area (TPSA) is 66.9 Å². The SMILES string of the molecule is CC(=O)NC(C)Nc1c[c]nc(-c2ccc(Cl)cc2)n1. The van der Waals surface area contributed by atoms with E-state index in [1.165, 1.54) is 6.92 Å². The molecule has 5 nitrogen and oxygen atoms in total. The quantitative estimate of drug-likeness (QED) is 0.849. The standard InChI is InChI=1S/C14H14ClN4O/c1-9(17-10(2)20)18-13-7-8-16-14(19-13)11-3-5-12(15)6-4-11/h3-7,9H,1-2H3,(H,17,20)(H,16,18,19). The molecule has 0 spiro atoms. The molecule has 0 aliphatic heterocycles. The molecule has 103 valence electrons. The van der Waals surface area contributed by atoms with E-state index in [-0.39, 0.29) is 12.1 Å². The Kier molecular flexibility index (Phi) is 4.53. The van der Waals surface area contributed by atoms with E-state index in [4.69, 9.17) is 11.6 Å². The first-order valence-corrected chi connectivity index (χ1v) is 6.47. The smallest absolute Gasteiger partial charge is 0.218 e. The molecule has 1 amide bonds. The molecule has 0 saturated heterocycles. The summed E-state index contributed by atoms with van der Waals surface area (Å²) in [6.45, 7) is 3.29. The second kappa shape index (κ2) is 6.34. The number of amides is 1. The lowest BCUT2D eigenvalue weighted by molar-refractivity contribution is -0.119. The van der Waals surface area contributed by atoms with Crippen molar-refractivity contribution in [3.8, 4) is 11.4 Å². The van der Waals surface area contributed by atoms with E-state index in [2.05, 4.69) is 26.8 Å². The molecule has 0 fully saturated rings. The largest absolute Gasteiger partial charge is 0.350 e. The second-order valence-electron chi connectivity index (χ2n) is 4.28. The highest BCUT2D eigenvalue weighted by molar-refractivity contribution is 6.30. The third kappa shape index (κ3) is 3.93. The van der Waals surface area contributed by atoms with E-state index < -0.39 is 0 Å². The summed E-state index contributed by atoms with van der Waals surface area (Å²) in [5.74, 6) is 1.02. The highest BCUT2D eigenvalue weighted by Crippen LogP contribution is 2.18. The van der Waals surface area contributed by atoms with Gasteiger partial charge in [-0.3, -0.25) is 4.79 Å². The van der Waals surface area contributed by atoms with E-state index in [0.717, 1.165) is 5.56 Å². The maximum atomic E-state index is 11.0. The van der Waals surface area contributed by atoms with Gasteiger partial charge in [0.05, 0.1) is 12.4 Å². The minimum absolute atomic E-state index is 0.110. The first-order chi connectivity index (χ1) is 9.54. The zero-order chi connectivity index (χ0) is 14.5. The minimum atomic E-state index is -0.228. The average Bonchev–Trinajstić information content (AvgIpc) is 2.38. The van der Waals surface area contributed by atoms with Crippen molar-refractivity contribution >= 4 is 23.3 Å². The van der Waals surface area contributed by atoms with E-state index in [0.29, 0.717) is 16.7 Å². The van der Waals surface area contributed by atoms with Gasteiger partial charge in [-0.15, -0.1) is 0 Å². The predicted molar refractivity (Wildman–Crippen MR) is 78.2 cm³/mol. The Balaban J connectivity index is 2.15. The van der Waals surface area contributed by atoms with Crippen LogP contribution in [0.5, 0.6) is 0 Å². The molecule has 1 unspecified atom stereocenters. The Bertz CT molecular complexity index is 600. The molecule has 1 aromatic heterocycles. The summed E-state index contributed by atoms with van der Waals surface area (Å²) < 4.78 is 0. The Morgan fingerprint density at radius 3 is 2.70 bits per heavy atom. The van der Waals surface area contributed by atoms with Gasteiger partial charge in [-0.25, -0.2) is 9.97 Å². The van der Waals surface area contributed by atoms with Crippen molar-refractivity contribution in [3.05, 3.63) is 41.6 Å². The van der Waals surface area contributed by atoms with Crippen LogP contribution >= 0.6 is 11.6 Å². The van der Waals surface area contributed by atoms with Crippen molar-refractivity contribution in [2.24, 2.45) is 0 Å². The number of nitrogens with one attached hydrogen (secondary N) is 2. The van der Waals surface area contributed by atoms with Crippen LogP contribution in [-0.2, 0) is 4.79 Å². The highest BCUT2D eigenvalue weighted by Gasteiger charge is 2.06. The number of rotatable bonds is 4. The molecule has 6 heteroatoms. The molecule has 2 rings (SSSR count). The minimum Gasteiger partial charge on any atom is -0.350 e. The molecule has 0 bridgehead atoms. The molecule has 1 atom stereocenters. The first kappa shape index (κ1) is 14.3. The number of benzene rings is 1. The predicted octanol–water partition coefficient (Wildman–Crippen LogP) is 2.49.